The van der Waals surface area contributed by atoms with Gasteiger partial charge in [-0.3, -0.25) is 0 Å². The summed E-state index contributed by atoms with van der Waals surface area (Å²) in [5, 5.41) is 22.1. The van der Waals surface area contributed by atoms with Crippen molar-refractivity contribution in [3.05, 3.63) is 59.8 Å². The highest BCUT2D eigenvalue weighted by Crippen LogP contribution is 2.27. The van der Waals surface area contributed by atoms with Gasteiger partial charge in [0.25, 0.3) is 0 Å². The minimum absolute atomic E-state index is 0.119. The summed E-state index contributed by atoms with van der Waals surface area (Å²) in [6.07, 6.45) is 6.86. The van der Waals surface area contributed by atoms with Crippen LogP contribution in [0, 0.1) is 6.92 Å². The van der Waals surface area contributed by atoms with Crippen molar-refractivity contribution in [1.82, 2.24) is 10.3 Å². The third-order valence-electron chi connectivity index (χ3n) is 6.49. The van der Waals surface area contributed by atoms with E-state index in [1.807, 2.05) is 0 Å². The fraction of sp³-hybridized carbons (Fsp3) is 0.481. The first kappa shape index (κ1) is 23.0. The van der Waals surface area contributed by atoms with Gasteiger partial charge in [0.05, 0.1) is 25.4 Å². The normalized spacial score (nSPS) is 21.5. The number of hydrogen-bond acceptors (Lipinski definition) is 4. The highest BCUT2D eigenvalue weighted by Gasteiger charge is 2.18. The molecule has 0 amide bonds. The number of hydrogen-bond donors (Lipinski definition) is 4. The molecule has 5 rings (SSSR count). The van der Waals surface area contributed by atoms with E-state index in [1.165, 1.54) is 59.0 Å². The average Bonchev–Trinajstić information content (AvgIpc) is 3.46. The third kappa shape index (κ3) is 6.20. The summed E-state index contributed by atoms with van der Waals surface area (Å²) in [6, 6.07) is 17.7. The lowest BCUT2D eigenvalue weighted by molar-refractivity contribution is 0.0457. The molecule has 2 fully saturated rings. The summed E-state index contributed by atoms with van der Waals surface area (Å²) in [6.45, 7) is 3.79. The Morgan fingerprint density at radius 1 is 1.00 bits per heavy atom. The van der Waals surface area contributed by atoms with E-state index in [0.717, 1.165) is 19.6 Å². The molecule has 1 saturated heterocycles. The van der Waals surface area contributed by atoms with E-state index in [1.54, 1.807) is 0 Å². The van der Waals surface area contributed by atoms with E-state index in [2.05, 4.69) is 65.8 Å². The molecule has 2 unspecified atom stereocenters. The Balaban J connectivity index is 0.000000230. The van der Waals surface area contributed by atoms with Crippen molar-refractivity contribution in [2.24, 2.45) is 0 Å². The van der Waals surface area contributed by atoms with Crippen LogP contribution in [0.25, 0.3) is 22.0 Å². The number of piperidine rings is 1. The highest BCUT2D eigenvalue weighted by atomic mass is 16.5. The smallest absolute Gasteiger partial charge is 0.0720 e. The van der Waals surface area contributed by atoms with Gasteiger partial charge in [-0.2, -0.15) is 0 Å². The number of fused-ring (bicyclic) bond motifs is 1. The lowest BCUT2D eigenvalue weighted by atomic mass is 10.0. The molecule has 1 saturated carbocycles. The van der Waals surface area contributed by atoms with Crippen LogP contribution in [0.15, 0.2) is 48.5 Å². The summed E-state index contributed by atoms with van der Waals surface area (Å²) >= 11 is 0. The molecule has 2 aromatic carbocycles. The van der Waals surface area contributed by atoms with Crippen LogP contribution in [0.5, 0.6) is 0 Å². The zero-order valence-corrected chi connectivity index (χ0v) is 19.0. The van der Waals surface area contributed by atoms with E-state index in [9.17, 15) is 0 Å². The summed E-state index contributed by atoms with van der Waals surface area (Å²) < 4.78 is 6.05. The topological polar surface area (TPSA) is 77.5 Å². The number of ether oxygens (including phenoxy) is 1. The molecule has 1 aliphatic carbocycles. The predicted molar refractivity (Wildman–Crippen MR) is 130 cm³/mol. The fourth-order valence-electron chi connectivity index (χ4n) is 4.69. The van der Waals surface area contributed by atoms with Crippen LogP contribution in [-0.4, -0.2) is 46.6 Å². The molecule has 4 N–H and O–H groups in total. The van der Waals surface area contributed by atoms with Gasteiger partial charge in [0.2, 0.25) is 0 Å². The minimum Gasteiger partial charge on any atom is -0.395 e. The predicted octanol–water partition coefficient (Wildman–Crippen LogP) is 4.69. The lowest BCUT2D eigenvalue weighted by Gasteiger charge is -2.25. The molecule has 1 aromatic heterocycles. The quantitative estimate of drug-likeness (QED) is 0.468. The van der Waals surface area contributed by atoms with Crippen LogP contribution < -0.4 is 5.32 Å². The van der Waals surface area contributed by atoms with Crippen molar-refractivity contribution in [3.8, 4) is 11.1 Å². The minimum atomic E-state index is -0.205. The van der Waals surface area contributed by atoms with Gasteiger partial charge in [-0.1, -0.05) is 37.1 Å². The number of benzene rings is 2. The van der Waals surface area contributed by atoms with E-state index >= 15 is 0 Å². The zero-order valence-electron chi connectivity index (χ0n) is 19.0. The molecular formula is C27H36N2O3. The largest absolute Gasteiger partial charge is 0.395 e. The summed E-state index contributed by atoms with van der Waals surface area (Å²) in [5.41, 5.74) is 6.19. The number of aryl methyl sites for hydroxylation is 1. The maximum atomic E-state index is 9.06. The summed E-state index contributed by atoms with van der Waals surface area (Å²) in [7, 11) is 0. The number of nitrogens with one attached hydrogen (secondary N) is 2. The molecule has 3 aromatic rings. The van der Waals surface area contributed by atoms with Crippen molar-refractivity contribution >= 4 is 10.9 Å². The Morgan fingerprint density at radius 3 is 2.56 bits per heavy atom. The second kappa shape index (κ2) is 11.1. The maximum Gasteiger partial charge on any atom is 0.0720 e. The van der Waals surface area contributed by atoms with E-state index < -0.39 is 0 Å². The molecule has 1 aliphatic heterocycles. The van der Waals surface area contributed by atoms with Gasteiger partial charge in [0.15, 0.2) is 0 Å². The van der Waals surface area contributed by atoms with E-state index in [4.69, 9.17) is 14.9 Å². The third-order valence-corrected chi connectivity index (χ3v) is 6.49. The maximum absolute atomic E-state index is 9.06. The van der Waals surface area contributed by atoms with Gasteiger partial charge in [-0.05, 0) is 80.1 Å². The van der Waals surface area contributed by atoms with Gasteiger partial charge in [0.1, 0.15) is 0 Å². The Hall–Kier alpha value is -2.18. The molecule has 2 aliphatic rings. The Bertz CT molecular complexity index is 993. The highest BCUT2D eigenvalue weighted by molar-refractivity contribution is 5.85. The van der Waals surface area contributed by atoms with E-state index in [-0.39, 0.29) is 18.8 Å². The molecule has 0 radical (unpaired) electrons. The monoisotopic (exact) mass is 436 g/mol. The lowest BCUT2D eigenvalue weighted by Crippen LogP contribution is -2.42. The molecule has 0 bridgehead atoms. The molecule has 172 valence electrons. The van der Waals surface area contributed by atoms with Gasteiger partial charge in [-0.25, -0.2) is 0 Å². The van der Waals surface area contributed by atoms with Gasteiger partial charge in [-0.15, -0.1) is 0 Å². The van der Waals surface area contributed by atoms with Crippen LogP contribution in [0.3, 0.4) is 0 Å². The fourth-order valence-corrected chi connectivity index (χ4v) is 4.69. The molecule has 2 atom stereocenters. The van der Waals surface area contributed by atoms with Crippen LogP contribution in [0.2, 0.25) is 0 Å². The number of aromatic nitrogens is 1. The van der Waals surface area contributed by atoms with Crippen molar-refractivity contribution in [1.29, 1.82) is 0 Å². The van der Waals surface area contributed by atoms with E-state index in [0.29, 0.717) is 12.5 Å². The molecule has 5 heteroatoms. The molecule has 32 heavy (non-hydrogen) atoms. The molecule has 0 spiro atoms. The first-order valence-electron chi connectivity index (χ1n) is 11.9. The molecular weight excluding hydrogens is 400 g/mol. The second-order valence-corrected chi connectivity index (χ2v) is 9.18. The summed E-state index contributed by atoms with van der Waals surface area (Å²) in [5.74, 6) is 0. The molecule has 2 heterocycles. The van der Waals surface area contributed by atoms with Crippen LogP contribution in [0.1, 0.15) is 49.8 Å². The van der Waals surface area contributed by atoms with Crippen molar-refractivity contribution in [3.63, 3.8) is 0 Å². The number of H-pyrrole nitrogens is 1. The number of rotatable bonds is 5. The number of aliphatic hydroxyl groups is 2. The van der Waals surface area contributed by atoms with Crippen LogP contribution in [0.4, 0.5) is 0 Å². The Labute approximate surface area is 190 Å². The first-order valence-corrected chi connectivity index (χ1v) is 11.9. The summed E-state index contributed by atoms with van der Waals surface area (Å²) in [4.78, 5) is 3.38. The zero-order chi connectivity index (χ0) is 22.3. The second-order valence-electron chi connectivity index (χ2n) is 9.18. The molecule has 5 nitrogen and oxygen atoms in total. The van der Waals surface area contributed by atoms with Crippen LogP contribution in [-0.2, 0) is 11.3 Å². The SMILES string of the molecule is Cc1cc2cc(-c3cccc(COC4CCCC4)c3)ccc2[nH]1.OCC1CC(O)CCN1. The van der Waals surface area contributed by atoms with Gasteiger partial charge >= 0.3 is 0 Å². The van der Waals surface area contributed by atoms with Crippen molar-refractivity contribution in [2.75, 3.05) is 13.2 Å². The van der Waals surface area contributed by atoms with Crippen molar-refractivity contribution in [2.45, 2.75) is 70.3 Å². The Morgan fingerprint density at radius 2 is 1.81 bits per heavy atom. The number of aliphatic hydroxyl groups excluding tert-OH is 2. The Kier molecular flexibility index (Phi) is 7.98. The van der Waals surface area contributed by atoms with Crippen LogP contribution >= 0.6 is 0 Å². The number of aromatic amines is 1. The first-order chi connectivity index (χ1) is 15.6. The standard InChI is InChI=1S/C21H23NO.C6H13NO2/c1-15-11-19-13-18(9-10-21(19)22-15)17-6-4-5-16(12-17)14-23-20-7-2-3-8-20;8-4-5-3-6(9)1-2-7-5/h4-6,9-13,20,22H,2-3,7-8,14H2,1H3;5-9H,1-4H2. The average molecular weight is 437 g/mol. The van der Waals surface area contributed by atoms with Crippen molar-refractivity contribution < 1.29 is 14.9 Å². The van der Waals surface area contributed by atoms with Gasteiger partial charge in [0, 0.05) is 22.6 Å². The van der Waals surface area contributed by atoms with Gasteiger partial charge < -0.3 is 25.3 Å².